The number of nitrogens with zero attached hydrogens (tertiary/aromatic N) is 2. The Labute approximate surface area is 79.9 Å². The fraction of sp³-hybridized carbons (Fsp3) is 0.714. The highest BCUT2D eigenvalue weighted by atomic mass is 35.5. The van der Waals surface area contributed by atoms with Gasteiger partial charge in [0.25, 0.3) is 0 Å². The number of thioether (sulfide) groups is 1. The van der Waals surface area contributed by atoms with Crippen LogP contribution in [0.1, 0.15) is 29.8 Å². The van der Waals surface area contributed by atoms with Gasteiger partial charge in [-0.25, -0.2) is 0 Å². The Balaban J connectivity index is 2.11. The van der Waals surface area contributed by atoms with E-state index in [0.717, 1.165) is 12.3 Å². The lowest BCUT2D eigenvalue weighted by Gasteiger charge is -1.98. The minimum Gasteiger partial charge on any atom is -0.338 e. The van der Waals surface area contributed by atoms with Gasteiger partial charge in [0.2, 0.25) is 5.89 Å². The first kappa shape index (κ1) is 8.38. The molecule has 12 heavy (non-hydrogen) atoms. The molecule has 1 fully saturated rings. The number of alkyl halides is 1. The van der Waals surface area contributed by atoms with Crippen LogP contribution in [-0.2, 0) is 5.88 Å². The highest BCUT2D eigenvalue weighted by Crippen LogP contribution is 2.38. The van der Waals surface area contributed by atoms with E-state index in [9.17, 15) is 0 Å². The van der Waals surface area contributed by atoms with Gasteiger partial charge < -0.3 is 4.52 Å². The smallest absolute Gasteiger partial charge is 0.239 e. The average molecular weight is 205 g/mol. The maximum absolute atomic E-state index is 5.56. The van der Waals surface area contributed by atoms with Crippen LogP contribution in [0.2, 0.25) is 0 Å². The summed E-state index contributed by atoms with van der Waals surface area (Å²) in [4.78, 5) is 4.18. The van der Waals surface area contributed by atoms with Crippen molar-refractivity contribution < 1.29 is 4.52 Å². The number of halogens is 1. The summed E-state index contributed by atoms with van der Waals surface area (Å²) < 4.78 is 5.07. The number of rotatable bonds is 2. The fourth-order valence-electron chi connectivity index (χ4n) is 1.22. The Morgan fingerprint density at radius 1 is 1.67 bits per heavy atom. The molecule has 1 saturated heterocycles. The molecule has 1 aliphatic rings. The zero-order chi connectivity index (χ0) is 8.39. The van der Waals surface area contributed by atoms with Crippen molar-refractivity contribution in [3.05, 3.63) is 11.7 Å². The molecule has 0 N–H and O–H groups in total. The van der Waals surface area contributed by atoms with Gasteiger partial charge >= 0.3 is 0 Å². The molecule has 1 aromatic rings. The molecule has 1 aliphatic heterocycles. The van der Waals surface area contributed by atoms with Crippen LogP contribution in [0.5, 0.6) is 0 Å². The molecular formula is C7H9ClN2OS. The summed E-state index contributed by atoms with van der Waals surface area (Å²) in [5, 5.41) is 4.16. The molecule has 0 radical (unpaired) electrons. The Morgan fingerprint density at radius 3 is 3.17 bits per heavy atom. The topological polar surface area (TPSA) is 38.9 Å². The van der Waals surface area contributed by atoms with Crippen molar-refractivity contribution in [1.82, 2.24) is 10.1 Å². The van der Waals surface area contributed by atoms with E-state index in [-0.39, 0.29) is 0 Å². The maximum atomic E-state index is 5.56. The quantitative estimate of drug-likeness (QED) is 0.694. The molecule has 0 bridgehead atoms. The number of hydrogen-bond acceptors (Lipinski definition) is 4. The first-order valence-corrected chi connectivity index (χ1v) is 5.48. The summed E-state index contributed by atoms with van der Waals surface area (Å²) >= 11 is 7.44. The molecule has 0 aromatic carbocycles. The summed E-state index contributed by atoms with van der Waals surface area (Å²) in [5.74, 6) is 2.87. The van der Waals surface area contributed by atoms with E-state index in [1.54, 1.807) is 0 Å². The second-order valence-electron chi connectivity index (χ2n) is 2.68. The predicted molar refractivity (Wildman–Crippen MR) is 48.3 cm³/mol. The molecule has 1 unspecified atom stereocenters. The van der Waals surface area contributed by atoms with Crippen molar-refractivity contribution in [3.63, 3.8) is 0 Å². The van der Waals surface area contributed by atoms with E-state index in [1.807, 2.05) is 11.8 Å². The van der Waals surface area contributed by atoms with E-state index in [1.165, 1.54) is 12.2 Å². The first-order valence-electron chi connectivity index (χ1n) is 3.90. The number of aromatic nitrogens is 2. The molecular weight excluding hydrogens is 196 g/mol. The summed E-state index contributed by atoms with van der Waals surface area (Å²) in [6, 6.07) is 0. The van der Waals surface area contributed by atoms with Gasteiger partial charge in [-0.2, -0.15) is 4.98 Å². The Morgan fingerprint density at radius 2 is 2.58 bits per heavy atom. The van der Waals surface area contributed by atoms with Gasteiger partial charge in [-0.05, 0) is 18.6 Å². The Bertz CT molecular complexity index is 260. The largest absolute Gasteiger partial charge is 0.338 e. The maximum Gasteiger partial charge on any atom is 0.239 e. The molecule has 0 aliphatic carbocycles. The minimum atomic E-state index is 0.334. The van der Waals surface area contributed by atoms with E-state index >= 15 is 0 Å². The van der Waals surface area contributed by atoms with E-state index in [0.29, 0.717) is 17.0 Å². The molecule has 3 nitrogen and oxygen atoms in total. The van der Waals surface area contributed by atoms with Crippen LogP contribution in [0.4, 0.5) is 0 Å². The van der Waals surface area contributed by atoms with Crippen LogP contribution >= 0.6 is 23.4 Å². The van der Waals surface area contributed by atoms with Crippen molar-refractivity contribution in [2.24, 2.45) is 0 Å². The second kappa shape index (κ2) is 3.66. The van der Waals surface area contributed by atoms with Gasteiger partial charge in [-0.1, -0.05) is 5.16 Å². The third-order valence-corrected chi connectivity index (χ3v) is 3.41. The molecule has 0 amide bonds. The summed E-state index contributed by atoms with van der Waals surface area (Å²) in [6.07, 6.45) is 2.39. The van der Waals surface area contributed by atoms with Gasteiger partial charge in [0, 0.05) is 0 Å². The zero-order valence-electron chi connectivity index (χ0n) is 6.49. The zero-order valence-corrected chi connectivity index (χ0v) is 8.07. The third kappa shape index (κ3) is 1.59. The van der Waals surface area contributed by atoms with Crippen LogP contribution in [0.15, 0.2) is 4.52 Å². The van der Waals surface area contributed by atoms with E-state index in [4.69, 9.17) is 16.1 Å². The van der Waals surface area contributed by atoms with Crippen molar-refractivity contribution in [2.45, 2.75) is 24.0 Å². The fourth-order valence-corrected chi connectivity index (χ4v) is 2.52. The molecule has 2 heterocycles. The van der Waals surface area contributed by atoms with E-state index in [2.05, 4.69) is 10.1 Å². The SMILES string of the molecule is ClCc1noc(C2CCCS2)n1. The first-order chi connectivity index (χ1) is 5.90. The average Bonchev–Trinajstić information content (AvgIpc) is 2.75. The monoisotopic (exact) mass is 204 g/mol. The molecule has 2 rings (SSSR count). The predicted octanol–water partition coefficient (Wildman–Crippen LogP) is 2.38. The molecule has 1 aromatic heterocycles. The van der Waals surface area contributed by atoms with Crippen LogP contribution in [-0.4, -0.2) is 15.9 Å². The Kier molecular flexibility index (Phi) is 2.56. The highest BCUT2D eigenvalue weighted by Gasteiger charge is 2.23. The standard InChI is InChI=1S/C7H9ClN2OS/c8-4-6-9-7(11-10-6)5-2-1-3-12-5/h5H,1-4H2. The van der Waals surface area contributed by atoms with Crippen molar-refractivity contribution in [1.29, 1.82) is 0 Å². The van der Waals surface area contributed by atoms with Crippen LogP contribution in [0.25, 0.3) is 0 Å². The third-order valence-electron chi connectivity index (χ3n) is 1.81. The van der Waals surface area contributed by atoms with Gasteiger partial charge in [-0.3, -0.25) is 0 Å². The minimum absolute atomic E-state index is 0.334. The Hall–Kier alpha value is -0.220. The van der Waals surface area contributed by atoms with Crippen molar-refractivity contribution >= 4 is 23.4 Å². The summed E-state index contributed by atoms with van der Waals surface area (Å²) in [7, 11) is 0. The van der Waals surface area contributed by atoms with Gasteiger partial charge in [0.15, 0.2) is 5.82 Å². The molecule has 0 saturated carbocycles. The highest BCUT2D eigenvalue weighted by molar-refractivity contribution is 7.99. The summed E-state index contributed by atoms with van der Waals surface area (Å²) in [5.41, 5.74) is 0. The number of hydrogen-bond donors (Lipinski definition) is 0. The van der Waals surface area contributed by atoms with Gasteiger partial charge in [0.05, 0.1) is 11.1 Å². The molecule has 66 valence electrons. The van der Waals surface area contributed by atoms with E-state index < -0.39 is 0 Å². The molecule has 5 heteroatoms. The van der Waals surface area contributed by atoms with Crippen molar-refractivity contribution in [2.75, 3.05) is 5.75 Å². The van der Waals surface area contributed by atoms with Crippen LogP contribution in [0, 0.1) is 0 Å². The van der Waals surface area contributed by atoms with Gasteiger partial charge in [-0.15, -0.1) is 23.4 Å². The molecule has 1 atom stereocenters. The van der Waals surface area contributed by atoms with Crippen LogP contribution < -0.4 is 0 Å². The summed E-state index contributed by atoms with van der Waals surface area (Å²) in [6.45, 7) is 0. The van der Waals surface area contributed by atoms with Gasteiger partial charge in [0.1, 0.15) is 0 Å². The van der Waals surface area contributed by atoms with Crippen molar-refractivity contribution in [3.8, 4) is 0 Å². The second-order valence-corrected chi connectivity index (χ2v) is 4.26. The normalized spacial score (nSPS) is 23.2. The molecule has 0 spiro atoms. The lowest BCUT2D eigenvalue weighted by molar-refractivity contribution is 0.371. The van der Waals surface area contributed by atoms with Crippen LogP contribution in [0.3, 0.4) is 0 Å². The lowest BCUT2D eigenvalue weighted by Crippen LogP contribution is -1.88. The lowest BCUT2D eigenvalue weighted by atomic mass is 10.2.